The molecule has 0 aliphatic carbocycles. The maximum absolute atomic E-state index is 10.4. The van der Waals surface area contributed by atoms with E-state index >= 15 is 0 Å². The zero-order chi connectivity index (χ0) is 9.68. The fourth-order valence-corrected chi connectivity index (χ4v) is 0.970. The fourth-order valence-electron chi connectivity index (χ4n) is 0.907. The molecule has 0 N–H and O–H groups in total. The van der Waals surface area contributed by atoms with Gasteiger partial charge in [-0.05, 0) is 35.4 Å². The Hall–Kier alpha value is -1.28. The van der Waals surface area contributed by atoms with E-state index in [0.717, 1.165) is 11.3 Å². The molecule has 68 valence electrons. The van der Waals surface area contributed by atoms with Crippen LogP contribution in [0.3, 0.4) is 0 Å². The molecule has 0 spiro atoms. The summed E-state index contributed by atoms with van der Waals surface area (Å²) in [6.45, 7) is 0. The van der Waals surface area contributed by atoms with E-state index in [4.69, 9.17) is 16.3 Å². The predicted molar refractivity (Wildman–Crippen MR) is 52.9 cm³/mol. The van der Waals surface area contributed by atoms with Crippen molar-refractivity contribution in [2.24, 2.45) is 0 Å². The Morgan fingerprint density at radius 1 is 1.54 bits per heavy atom. The van der Waals surface area contributed by atoms with Gasteiger partial charge in [-0.1, -0.05) is 18.2 Å². The van der Waals surface area contributed by atoms with E-state index < -0.39 is 5.24 Å². The molecule has 0 unspecified atom stereocenters. The van der Waals surface area contributed by atoms with Gasteiger partial charge in [0.1, 0.15) is 5.75 Å². The molecule has 0 aliphatic rings. The number of carbonyl (C=O) groups excluding carboxylic acids is 1. The Balaban J connectivity index is 2.83. The molecule has 3 heteroatoms. The van der Waals surface area contributed by atoms with Crippen molar-refractivity contribution in [3.63, 3.8) is 0 Å². The molecule has 2 nitrogen and oxygen atoms in total. The van der Waals surface area contributed by atoms with Crippen molar-refractivity contribution < 1.29 is 9.53 Å². The van der Waals surface area contributed by atoms with E-state index in [1.54, 1.807) is 13.2 Å². The number of halogens is 1. The van der Waals surface area contributed by atoms with Crippen LogP contribution in [-0.4, -0.2) is 12.4 Å². The van der Waals surface area contributed by atoms with E-state index in [1.165, 1.54) is 6.08 Å². The molecule has 0 amide bonds. The number of hydrogen-bond acceptors (Lipinski definition) is 2. The predicted octanol–water partition coefficient (Wildman–Crippen LogP) is 2.47. The van der Waals surface area contributed by atoms with Gasteiger partial charge in [0.25, 0.3) is 0 Å². The van der Waals surface area contributed by atoms with E-state index in [9.17, 15) is 4.79 Å². The first-order chi connectivity index (χ1) is 6.22. The van der Waals surface area contributed by atoms with Gasteiger partial charge in [-0.3, -0.25) is 4.79 Å². The Labute approximate surface area is 81.8 Å². The fraction of sp³-hybridized carbons (Fsp3) is 0.100. The Kier molecular flexibility index (Phi) is 3.53. The highest BCUT2D eigenvalue weighted by molar-refractivity contribution is 6.66. The van der Waals surface area contributed by atoms with Gasteiger partial charge >= 0.3 is 0 Å². The number of carbonyl (C=O) groups is 1. The Morgan fingerprint density at radius 3 is 2.92 bits per heavy atom. The van der Waals surface area contributed by atoms with E-state index in [1.807, 2.05) is 24.3 Å². The van der Waals surface area contributed by atoms with E-state index in [0.29, 0.717) is 0 Å². The van der Waals surface area contributed by atoms with E-state index in [2.05, 4.69) is 0 Å². The summed E-state index contributed by atoms with van der Waals surface area (Å²) in [5.41, 5.74) is 0.883. The van der Waals surface area contributed by atoms with Gasteiger partial charge in [-0.2, -0.15) is 0 Å². The van der Waals surface area contributed by atoms with Crippen LogP contribution in [0, 0.1) is 0 Å². The molecule has 0 bridgehead atoms. The SMILES string of the molecule is COc1cccc(/C=C/C(=O)Cl)c1. The smallest absolute Gasteiger partial charge is 0.245 e. The molecule has 0 saturated carbocycles. The molecular weight excluding hydrogens is 188 g/mol. The van der Waals surface area contributed by atoms with Crippen LogP contribution in [0.2, 0.25) is 0 Å². The summed E-state index contributed by atoms with van der Waals surface area (Å²) in [5.74, 6) is 0.754. The summed E-state index contributed by atoms with van der Waals surface area (Å²) in [6, 6.07) is 7.35. The second kappa shape index (κ2) is 4.67. The van der Waals surface area contributed by atoms with Crippen LogP contribution in [0.5, 0.6) is 5.75 Å². The van der Waals surface area contributed by atoms with E-state index in [-0.39, 0.29) is 0 Å². The number of rotatable bonds is 3. The third kappa shape index (κ3) is 3.30. The third-order valence-electron chi connectivity index (χ3n) is 1.50. The molecule has 0 saturated heterocycles. The van der Waals surface area contributed by atoms with Crippen LogP contribution in [0.1, 0.15) is 5.56 Å². The highest BCUT2D eigenvalue weighted by Crippen LogP contribution is 2.13. The summed E-state index contributed by atoms with van der Waals surface area (Å²) in [5, 5.41) is -0.484. The first kappa shape index (κ1) is 9.81. The summed E-state index contributed by atoms with van der Waals surface area (Å²) >= 11 is 5.14. The van der Waals surface area contributed by atoms with Crippen molar-refractivity contribution in [2.75, 3.05) is 7.11 Å². The lowest BCUT2D eigenvalue weighted by Crippen LogP contribution is -1.82. The molecule has 1 rings (SSSR count). The number of allylic oxidation sites excluding steroid dienone is 1. The van der Waals surface area contributed by atoms with Gasteiger partial charge in [0.15, 0.2) is 0 Å². The van der Waals surface area contributed by atoms with Gasteiger partial charge in [0, 0.05) is 0 Å². The van der Waals surface area contributed by atoms with Gasteiger partial charge in [0.2, 0.25) is 5.24 Å². The first-order valence-electron chi connectivity index (χ1n) is 3.74. The average molecular weight is 197 g/mol. The van der Waals surface area contributed by atoms with Crippen molar-refractivity contribution in [1.82, 2.24) is 0 Å². The van der Waals surface area contributed by atoms with Crippen molar-refractivity contribution >= 4 is 22.9 Å². The lowest BCUT2D eigenvalue weighted by atomic mass is 10.2. The second-order valence-corrected chi connectivity index (χ2v) is 2.79. The lowest BCUT2D eigenvalue weighted by molar-refractivity contribution is -0.107. The molecule has 0 fully saturated rings. The van der Waals surface area contributed by atoms with Crippen molar-refractivity contribution in [3.8, 4) is 5.75 Å². The molecular formula is C10H9ClO2. The van der Waals surface area contributed by atoms with Crippen LogP contribution in [-0.2, 0) is 4.79 Å². The third-order valence-corrected chi connectivity index (χ3v) is 1.63. The minimum atomic E-state index is -0.484. The minimum absolute atomic E-state index is 0.484. The molecule has 13 heavy (non-hydrogen) atoms. The van der Waals surface area contributed by atoms with Gasteiger partial charge in [-0.25, -0.2) is 0 Å². The number of hydrogen-bond donors (Lipinski definition) is 0. The summed E-state index contributed by atoms with van der Waals surface area (Å²) in [7, 11) is 1.59. The molecule has 0 radical (unpaired) electrons. The summed E-state index contributed by atoms with van der Waals surface area (Å²) < 4.78 is 5.01. The Bertz CT molecular complexity index is 331. The molecule has 0 aromatic heterocycles. The van der Waals surface area contributed by atoms with Crippen molar-refractivity contribution in [3.05, 3.63) is 35.9 Å². The van der Waals surface area contributed by atoms with Crippen LogP contribution < -0.4 is 4.74 Å². The maximum atomic E-state index is 10.4. The van der Waals surface area contributed by atoms with Crippen LogP contribution >= 0.6 is 11.6 Å². The topological polar surface area (TPSA) is 26.3 Å². The van der Waals surface area contributed by atoms with Crippen molar-refractivity contribution in [1.29, 1.82) is 0 Å². The Morgan fingerprint density at radius 2 is 2.31 bits per heavy atom. The van der Waals surface area contributed by atoms with Crippen LogP contribution in [0.15, 0.2) is 30.3 Å². The normalized spacial score (nSPS) is 10.3. The lowest BCUT2D eigenvalue weighted by Gasteiger charge is -1.99. The number of ether oxygens (including phenoxy) is 1. The van der Waals surface area contributed by atoms with Gasteiger partial charge in [0.05, 0.1) is 7.11 Å². The average Bonchev–Trinajstić information content (AvgIpc) is 2.15. The number of benzene rings is 1. The number of methoxy groups -OCH3 is 1. The molecule has 1 aromatic rings. The monoisotopic (exact) mass is 196 g/mol. The standard InChI is InChI=1S/C10H9ClO2/c1-13-9-4-2-3-8(7-9)5-6-10(11)12/h2-7H,1H3/b6-5+. The highest BCUT2D eigenvalue weighted by Gasteiger charge is 1.92. The second-order valence-electron chi connectivity index (χ2n) is 2.41. The molecule has 0 heterocycles. The van der Waals surface area contributed by atoms with Gasteiger partial charge in [-0.15, -0.1) is 0 Å². The summed E-state index contributed by atoms with van der Waals surface area (Å²) in [6.07, 6.45) is 2.94. The van der Waals surface area contributed by atoms with Crippen LogP contribution in [0.4, 0.5) is 0 Å². The van der Waals surface area contributed by atoms with Gasteiger partial charge < -0.3 is 4.74 Å². The molecule has 0 atom stereocenters. The van der Waals surface area contributed by atoms with Crippen LogP contribution in [0.25, 0.3) is 6.08 Å². The van der Waals surface area contributed by atoms with Crippen molar-refractivity contribution in [2.45, 2.75) is 0 Å². The highest BCUT2D eigenvalue weighted by atomic mass is 35.5. The maximum Gasteiger partial charge on any atom is 0.245 e. The summed E-state index contributed by atoms with van der Waals surface area (Å²) in [4.78, 5) is 10.4. The minimum Gasteiger partial charge on any atom is -0.497 e. The molecule has 0 aliphatic heterocycles. The largest absolute Gasteiger partial charge is 0.497 e. The first-order valence-corrected chi connectivity index (χ1v) is 4.12. The quantitative estimate of drug-likeness (QED) is 0.549. The molecule has 1 aromatic carbocycles. The zero-order valence-corrected chi connectivity index (χ0v) is 7.91. The zero-order valence-electron chi connectivity index (χ0n) is 7.16.